The van der Waals surface area contributed by atoms with Gasteiger partial charge < -0.3 is 10.6 Å². The minimum Gasteiger partial charge on any atom is -0.385 e. The van der Waals surface area contributed by atoms with E-state index in [1.807, 2.05) is 6.92 Å². The molecule has 20 heavy (non-hydrogen) atoms. The molecule has 0 bridgehead atoms. The number of anilines is 1. The minimum atomic E-state index is -3.63. The van der Waals surface area contributed by atoms with Crippen molar-refractivity contribution in [1.29, 1.82) is 0 Å². The summed E-state index contributed by atoms with van der Waals surface area (Å²) in [6.45, 7) is 4.98. The van der Waals surface area contributed by atoms with Gasteiger partial charge in [0.25, 0.3) is 0 Å². The Morgan fingerprint density at radius 3 is 2.60 bits per heavy atom. The highest BCUT2D eigenvalue weighted by molar-refractivity contribution is 7.89. The van der Waals surface area contributed by atoms with Gasteiger partial charge in [0.15, 0.2) is 0 Å². The van der Waals surface area contributed by atoms with Crippen LogP contribution in [0.4, 0.5) is 5.69 Å². The summed E-state index contributed by atoms with van der Waals surface area (Å²) in [5.41, 5.74) is 0.871. The summed E-state index contributed by atoms with van der Waals surface area (Å²) in [5, 5.41) is 5.77. The van der Waals surface area contributed by atoms with Crippen molar-refractivity contribution in [3.8, 4) is 0 Å². The van der Waals surface area contributed by atoms with Crippen molar-refractivity contribution in [3.05, 3.63) is 24.3 Å². The lowest BCUT2D eigenvalue weighted by Gasteiger charge is -2.31. The smallest absolute Gasteiger partial charge is 0.243 e. The maximum atomic E-state index is 12.5. The zero-order valence-corrected chi connectivity index (χ0v) is 12.4. The summed E-state index contributed by atoms with van der Waals surface area (Å²) in [6, 6.07) is 5.90. The fraction of sp³-hybridized carbons (Fsp3) is 0.462. The van der Waals surface area contributed by atoms with Gasteiger partial charge in [-0.05, 0) is 38.1 Å². The largest absolute Gasteiger partial charge is 0.385 e. The summed E-state index contributed by atoms with van der Waals surface area (Å²) in [7, 11) is -3.63. The molecule has 0 radical (unpaired) electrons. The molecule has 6 nitrogen and oxygen atoms in total. The van der Waals surface area contributed by atoms with E-state index in [9.17, 15) is 13.2 Å². The quantitative estimate of drug-likeness (QED) is 0.854. The second kappa shape index (κ2) is 5.80. The number of hydrogen-bond donors (Lipinski definition) is 2. The van der Waals surface area contributed by atoms with Crippen LogP contribution in [0.1, 0.15) is 13.8 Å². The van der Waals surface area contributed by atoms with E-state index < -0.39 is 16.1 Å². The van der Waals surface area contributed by atoms with Crippen LogP contribution in [0.2, 0.25) is 0 Å². The summed E-state index contributed by atoms with van der Waals surface area (Å²) >= 11 is 0. The number of carbonyl (C=O) groups excluding carboxylic acids is 1. The first kappa shape index (κ1) is 14.8. The molecule has 110 valence electrons. The van der Waals surface area contributed by atoms with E-state index in [1.165, 1.54) is 4.31 Å². The van der Waals surface area contributed by atoms with E-state index in [1.54, 1.807) is 31.2 Å². The molecule has 1 saturated heterocycles. The van der Waals surface area contributed by atoms with Crippen LogP contribution in [0.3, 0.4) is 0 Å². The average Bonchev–Trinajstić information content (AvgIpc) is 2.42. The topological polar surface area (TPSA) is 78.5 Å². The van der Waals surface area contributed by atoms with Crippen molar-refractivity contribution < 1.29 is 13.2 Å². The number of nitrogens with one attached hydrogen (secondary N) is 2. The van der Waals surface area contributed by atoms with Gasteiger partial charge in [-0.15, -0.1) is 0 Å². The van der Waals surface area contributed by atoms with Gasteiger partial charge in [-0.3, -0.25) is 4.79 Å². The van der Waals surface area contributed by atoms with Gasteiger partial charge >= 0.3 is 0 Å². The average molecular weight is 297 g/mol. The fourth-order valence-electron chi connectivity index (χ4n) is 2.17. The van der Waals surface area contributed by atoms with E-state index >= 15 is 0 Å². The molecule has 1 fully saturated rings. The number of hydrogen-bond acceptors (Lipinski definition) is 4. The second-order valence-electron chi connectivity index (χ2n) is 4.64. The standard InChI is InChI=1S/C13H19N3O3S/c1-3-14-11-4-6-12(7-5-11)20(18,19)16-9-8-15-13(17)10(16)2/h4-7,10,14H,3,8-9H2,1-2H3,(H,15,17). The molecule has 0 aliphatic carbocycles. The Morgan fingerprint density at radius 1 is 1.35 bits per heavy atom. The predicted molar refractivity (Wildman–Crippen MR) is 77.0 cm³/mol. The van der Waals surface area contributed by atoms with Gasteiger partial charge in [0.2, 0.25) is 15.9 Å². The van der Waals surface area contributed by atoms with Crippen LogP contribution in [0.15, 0.2) is 29.2 Å². The summed E-state index contributed by atoms with van der Waals surface area (Å²) in [6.07, 6.45) is 0. The Labute approximate surface area is 119 Å². The number of carbonyl (C=O) groups is 1. The molecule has 1 unspecified atom stereocenters. The molecule has 2 rings (SSSR count). The third kappa shape index (κ3) is 2.78. The van der Waals surface area contributed by atoms with E-state index in [4.69, 9.17) is 0 Å². The maximum Gasteiger partial charge on any atom is 0.243 e. The molecular weight excluding hydrogens is 278 g/mol. The summed E-state index contributed by atoms with van der Waals surface area (Å²) in [5.74, 6) is -0.260. The predicted octanol–water partition coefficient (Wildman–Crippen LogP) is 0.627. The number of sulfonamides is 1. The van der Waals surface area contributed by atoms with Crippen molar-refractivity contribution in [3.63, 3.8) is 0 Å². The maximum absolute atomic E-state index is 12.5. The lowest BCUT2D eigenvalue weighted by atomic mass is 10.2. The number of benzene rings is 1. The molecule has 1 aliphatic rings. The van der Waals surface area contributed by atoms with Gasteiger partial charge in [0, 0.05) is 25.3 Å². The van der Waals surface area contributed by atoms with Gasteiger partial charge in [0.1, 0.15) is 6.04 Å². The molecule has 0 aromatic heterocycles. The van der Waals surface area contributed by atoms with Crippen molar-refractivity contribution in [2.24, 2.45) is 0 Å². The molecule has 1 amide bonds. The van der Waals surface area contributed by atoms with Crippen LogP contribution in [-0.4, -0.2) is 44.3 Å². The highest BCUT2D eigenvalue weighted by atomic mass is 32.2. The van der Waals surface area contributed by atoms with Gasteiger partial charge in [-0.1, -0.05) is 0 Å². The zero-order valence-electron chi connectivity index (χ0n) is 11.6. The first-order chi connectivity index (χ1) is 9.46. The fourth-order valence-corrected chi connectivity index (χ4v) is 3.77. The molecule has 1 aromatic rings. The third-order valence-corrected chi connectivity index (χ3v) is 5.27. The van der Waals surface area contributed by atoms with E-state index in [0.29, 0.717) is 13.1 Å². The summed E-state index contributed by atoms with van der Waals surface area (Å²) in [4.78, 5) is 11.8. The second-order valence-corrected chi connectivity index (χ2v) is 6.53. The monoisotopic (exact) mass is 297 g/mol. The number of piperazine rings is 1. The molecule has 1 heterocycles. The van der Waals surface area contributed by atoms with Crippen LogP contribution in [0, 0.1) is 0 Å². The number of rotatable bonds is 4. The number of amides is 1. The highest BCUT2D eigenvalue weighted by Crippen LogP contribution is 2.21. The molecule has 1 aromatic carbocycles. The Morgan fingerprint density at radius 2 is 2.00 bits per heavy atom. The Balaban J connectivity index is 2.27. The number of nitrogens with zero attached hydrogens (tertiary/aromatic N) is 1. The zero-order chi connectivity index (χ0) is 14.8. The normalized spacial score (nSPS) is 20.5. The molecule has 2 N–H and O–H groups in total. The van der Waals surface area contributed by atoms with Crippen molar-refractivity contribution in [2.45, 2.75) is 24.8 Å². The van der Waals surface area contributed by atoms with Crippen LogP contribution in [0.5, 0.6) is 0 Å². The molecular formula is C13H19N3O3S. The Hall–Kier alpha value is -1.60. The van der Waals surface area contributed by atoms with Crippen molar-refractivity contribution in [1.82, 2.24) is 9.62 Å². The van der Waals surface area contributed by atoms with E-state index in [0.717, 1.165) is 12.2 Å². The van der Waals surface area contributed by atoms with Gasteiger partial charge in [0.05, 0.1) is 4.90 Å². The lowest BCUT2D eigenvalue weighted by molar-refractivity contribution is -0.126. The van der Waals surface area contributed by atoms with Gasteiger partial charge in [-0.25, -0.2) is 8.42 Å². The third-order valence-electron chi connectivity index (χ3n) is 3.28. The minimum absolute atomic E-state index is 0.209. The Bertz CT molecular complexity index is 583. The van der Waals surface area contributed by atoms with Gasteiger partial charge in [-0.2, -0.15) is 4.31 Å². The van der Waals surface area contributed by atoms with Crippen molar-refractivity contribution in [2.75, 3.05) is 25.0 Å². The molecule has 0 spiro atoms. The Kier molecular flexibility index (Phi) is 4.29. The summed E-state index contributed by atoms with van der Waals surface area (Å²) < 4.78 is 26.3. The molecule has 0 saturated carbocycles. The lowest BCUT2D eigenvalue weighted by Crippen LogP contribution is -2.55. The van der Waals surface area contributed by atoms with Crippen LogP contribution >= 0.6 is 0 Å². The highest BCUT2D eigenvalue weighted by Gasteiger charge is 2.35. The SMILES string of the molecule is CCNc1ccc(S(=O)(=O)N2CCNC(=O)C2C)cc1. The first-order valence-corrected chi connectivity index (χ1v) is 8.04. The van der Waals surface area contributed by atoms with Crippen LogP contribution in [-0.2, 0) is 14.8 Å². The first-order valence-electron chi connectivity index (χ1n) is 6.60. The van der Waals surface area contributed by atoms with Crippen LogP contribution < -0.4 is 10.6 Å². The van der Waals surface area contributed by atoms with E-state index in [-0.39, 0.29) is 10.8 Å². The van der Waals surface area contributed by atoms with Crippen LogP contribution in [0.25, 0.3) is 0 Å². The molecule has 1 aliphatic heterocycles. The molecule has 1 atom stereocenters. The molecule has 7 heteroatoms. The van der Waals surface area contributed by atoms with E-state index in [2.05, 4.69) is 10.6 Å². The van der Waals surface area contributed by atoms with Crippen molar-refractivity contribution >= 4 is 21.6 Å².